The van der Waals surface area contributed by atoms with Gasteiger partial charge in [0.05, 0.1) is 6.61 Å². The van der Waals surface area contributed by atoms with E-state index in [1.165, 1.54) is 89.9 Å². The van der Waals surface area contributed by atoms with Crippen molar-refractivity contribution in [3.63, 3.8) is 0 Å². The van der Waals surface area contributed by atoms with Gasteiger partial charge in [-0.05, 0) is 38.5 Å². The molecule has 0 aromatic heterocycles. The first-order valence-corrected chi connectivity index (χ1v) is 13.7. The summed E-state index contributed by atoms with van der Waals surface area (Å²) in [5.74, 6) is -0.466. The fraction of sp³-hybridized carbons (Fsp3) is 0.857. The van der Waals surface area contributed by atoms with Gasteiger partial charge in [-0.3, -0.25) is 4.79 Å². The van der Waals surface area contributed by atoms with E-state index in [2.05, 4.69) is 30.7 Å². The number of rotatable bonds is 23. The van der Waals surface area contributed by atoms with Gasteiger partial charge < -0.3 is 9.47 Å². The Morgan fingerprint density at radius 1 is 0.562 bits per heavy atom. The zero-order chi connectivity index (χ0) is 23.5. The van der Waals surface area contributed by atoms with E-state index in [0.717, 1.165) is 38.5 Å². The Morgan fingerprint density at radius 3 is 1.53 bits per heavy atom. The summed E-state index contributed by atoms with van der Waals surface area (Å²) in [6.07, 6.45) is 28.6. The summed E-state index contributed by atoms with van der Waals surface area (Å²) < 4.78 is 9.54. The molecular formula is C28H52O4. The molecule has 0 aliphatic heterocycles. The molecule has 188 valence electrons. The average molecular weight is 453 g/mol. The lowest BCUT2D eigenvalue weighted by molar-refractivity contribution is -0.139. The molecule has 0 unspecified atom stereocenters. The molecule has 0 aliphatic carbocycles. The number of ether oxygens (including phenoxy) is 2. The molecule has 0 heterocycles. The lowest BCUT2D eigenvalue weighted by atomic mass is 10.1. The maximum Gasteiger partial charge on any atom is 0.516 e. The van der Waals surface area contributed by atoms with E-state index in [1.807, 2.05) is 0 Å². The normalized spacial score (nSPS) is 11.2. The van der Waals surface area contributed by atoms with Gasteiger partial charge in [-0.2, -0.15) is 0 Å². The first kappa shape index (κ1) is 30.7. The molecule has 0 fully saturated rings. The molecule has 0 bridgehead atoms. The summed E-state index contributed by atoms with van der Waals surface area (Å²) in [6, 6.07) is 0. The predicted molar refractivity (Wildman–Crippen MR) is 135 cm³/mol. The Balaban J connectivity index is 3.26. The molecule has 0 N–H and O–H groups in total. The van der Waals surface area contributed by atoms with Crippen LogP contribution in [0.4, 0.5) is 4.79 Å². The molecule has 4 nitrogen and oxygen atoms in total. The molecule has 0 radical (unpaired) electrons. The van der Waals surface area contributed by atoms with Gasteiger partial charge in [-0.1, -0.05) is 116 Å². The minimum absolute atomic E-state index is 0.302. The smallest absolute Gasteiger partial charge is 0.434 e. The van der Waals surface area contributed by atoms with E-state index in [-0.39, 0.29) is 0 Å². The summed E-state index contributed by atoms with van der Waals surface area (Å²) >= 11 is 0. The SMILES string of the molecule is CCCCCCCCC=CCCCCCCCCCCCC(=O)OC(=O)OCCCCC. The molecule has 0 aromatic rings. The van der Waals surface area contributed by atoms with Crippen LogP contribution in [0.1, 0.15) is 149 Å². The predicted octanol–water partition coefficient (Wildman–Crippen LogP) is 9.45. The van der Waals surface area contributed by atoms with Gasteiger partial charge in [0.25, 0.3) is 0 Å². The van der Waals surface area contributed by atoms with Crippen LogP contribution in [0.5, 0.6) is 0 Å². The Labute approximate surface area is 198 Å². The minimum Gasteiger partial charge on any atom is -0.434 e. The average Bonchev–Trinajstić information content (AvgIpc) is 2.78. The van der Waals surface area contributed by atoms with E-state index in [4.69, 9.17) is 4.74 Å². The molecule has 32 heavy (non-hydrogen) atoms. The summed E-state index contributed by atoms with van der Waals surface area (Å²) in [5, 5.41) is 0. The summed E-state index contributed by atoms with van der Waals surface area (Å²) in [4.78, 5) is 22.9. The van der Waals surface area contributed by atoms with Gasteiger partial charge in [0.15, 0.2) is 0 Å². The van der Waals surface area contributed by atoms with E-state index >= 15 is 0 Å². The van der Waals surface area contributed by atoms with Crippen LogP contribution in [0.25, 0.3) is 0 Å². The van der Waals surface area contributed by atoms with Crippen molar-refractivity contribution in [3.8, 4) is 0 Å². The third-order valence-corrected chi connectivity index (χ3v) is 5.81. The first-order chi connectivity index (χ1) is 15.7. The Bertz CT molecular complexity index is 445. The van der Waals surface area contributed by atoms with Crippen LogP contribution in [-0.2, 0) is 14.3 Å². The lowest BCUT2D eigenvalue weighted by Gasteiger charge is -2.05. The van der Waals surface area contributed by atoms with Crippen molar-refractivity contribution in [3.05, 3.63) is 12.2 Å². The second-order valence-electron chi connectivity index (χ2n) is 9.03. The van der Waals surface area contributed by atoms with Crippen molar-refractivity contribution in [2.75, 3.05) is 6.61 Å². The second-order valence-corrected chi connectivity index (χ2v) is 9.03. The number of carbonyl (C=O) groups excluding carboxylic acids is 2. The van der Waals surface area contributed by atoms with Crippen LogP contribution in [0, 0.1) is 0 Å². The minimum atomic E-state index is -0.848. The molecule has 4 heteroatoms. The maximum absolute atomic E-state index is 11.6. The third-order valence-electron chi connectivity index (χ3n) is 5.81. The summed E-state index contributed by atoms with van der Waals surface area (Å²) in [6.45, 7) is 4.68. The lowest BCUT2D eigenvalue weighted by Crippen LogP contribution is -2.14. The van der Waals surface area contributed by atoms with Gasteiger partial charge in [0, 0.05) is 6.42 Å². The first-order valence-electron chi connectivity index (χ1n) is 13.7. The third kappa shape index (κ3) is 24.9. The van der Waals surface area contributed by atoms with E-state index in [0.29, 0.717) is 13.0 Å². The highest BCUT2D eigenvalue weighted by Gasteiger charge is 2.11. The highest BCUT2D eigenvalue weighted by atomic mass is 16.7. The number of carbonyl (C=O) groups is 2. The van der Waals surface area contributed by atoms with Crippen LogP contribution in [0.3, 0.4) is 0 Å². The fourth-order valence-electron chi connectivity index (χ4n) is 3.73. The van der Waals surface area contributed by atoms with Gasteiger partial charge in [0.2, 0.25) is 0 Å². The van der Waals surface area contributed by atoms with Gasteiger partial charge in [0.1, 0.15) is 0 Å². The van der Waals surface area contributed by atoms with Crippen molar-refractivity contribution >= 4 is 12.1 Å². The molecule has 0 spiro atoms. The summed E-state index contributed by atoms with van der Waals surface area (Å²) in [7, 11) is 0. The standard InChI is InChI=1S/C28H52O4/c1-3-5-7-8-9-10-11-12-13-14-15-16-17-18-19-20-21-22-23-25-27(29)32-28(30)31-26-24-6-4-2/h12-13H,3-11,14-26H2,1-2H3. The number of unbranched alkanes of at least 4 members (excludes halogenated alkanes) is 17. The fourth-order valence-corrected chi connectivity index (χ4v) is 3.73. The van der Waals surface area contributed by atoms with Crippen LogP contribution < -0.4 is 0 Å². The van der Waals surface area contributed by atoms with Crippen LogP contribution in [0.15, 0.2) is 12.2 Å². The quantitative estimate of drug-likeness (QED) is 0.0670. The van der Waals surface area contributed by atoms with Crippen molar-refractivity contribution in [2.45, 2.75) is 149 Å². The number of esters is 1. The highest BCUT2D eigenvalue weighted by molar-refractivity contribution is 5.81. The number of hydrogen-bond donors (Lipinski definition) is 0. The molecule has 0 amide bonds. The molecule has 0 saturated heterocycles. The Kier molecular flexibility index (Phi) is 24.9. The van der Waals surface area contributed by atoms with Crippen molar-refractivity contribution < 1.29 is 19.1 Å². The van der Waals surface area contributed by atoms with Crippen LogP contribution >= 0.6 is 0 Å². The molecule has 0 aromatic carbocycles. The highest BCUT2D eigenvalue weighted by Crippen LogP contribution is 2.12. The molecule has 0 rings (SSSR count). The van der Waals surface area contributed by atoms with Crippen LogP contribution in [0.2, 0.25) is 0 Å². The van der Waals surface area contributed by atoms with Crippen molar-refractivity contribution in [2.24, 2.45) is 0 Å². The van der Waals surface area contributed by atoms with Crippen molar-refractivity contribution in [1.82, 2.24) is 0 Å². The Morgan fingerprint density at radius 2 is 1.00 bits per heavy atom. The zero-order valence-corrected chi connectivity index (χ0v) is 21.3. The largest absolute Gasteiger partial charge is 0.516 e. The monoisotopic (exact) mass is 452 g/mol. The molecule has 0 atom stereocenters. The van der Waals surface area contributed by atoms with Crippen molar-refractivity contribution in [1.29, 1.82) is 0 Å². The molecule has 0 saturated carbocycles. The van der Waals surface area contributed by atoms with Gasteiger partial charge in [-0.15, -0.1) is 0 Å². The topological polar surface area (TPSA) is 52.6 Å². The molecule has 0 aliphatic rings. The van der Waals surface area contributed by atoms with E-state index in [9.17, 15) is 9.59 Å². The van der Waals surface area contributed by atoms with Gasteiger partial charge in [-0.25, -0.2) is 4.79 Å². The number of hydrogen-bond acceptors (Lipinski definition) is 4. The Hall–Kier alpha value is -1.32. The number of allylic oxidation sites excluding steroid dienone is 2. The maximum atomic E-state index is 11.6. The van der Waals surface area contributed by atoms with E-state index in [1.54, 1.807) is 0 Å². The second kappa shape index (κ2) is 25.9. The zero-order valence-electron chi connectivity index (χ0n) is 21.3. The van der Waals surface area contributed by atoms with E-state index < -0.39 is 12.1 Å². The molecular weight excluding hydrogens is 400 g/mol. The van der Waals surface area contributed by atoms with Gasteiger partial charge >= 0.3 is 12.1 Å². The van der Waals surface area contributed by atoms with Crippen LogP contribution in [-0.4, -0.2) is 18.7 Å². The summed E-state index contributed by atoms with van der Waals surface area (Å²) in [5.41, 5.74) is 0.